The van der Waals surface area contributed by atoms with Gasteiger partial charge < -0.3 is 10.1 Å². The van der Waals surface area contributed by atoms with Gasteiger partial charge >= 0.3 is 0 Å². The molecular weight excluding hydrogens is 308 g/mol. The highest BCUT2D eigenvalue weighted by Gasteiger charge is 2.12. The number of anilines is 1. The zero-order valence-corrected chi connectivity index (χ0v) is 13.9. The molecule has 0 saturated heterocycles. The fraction of sp³-hybridized carbons (Fsp3) is 0.278. The number of aryl methyl sites for hydroxylation is 1. The summed E-state index contributed by atoms with van der Waals surface area (Å²) in [7, 11) is 0. The molecular formula is C18H20N2O4. The molecule has 0 unspecified atom stereocenters. The average molecular weight is 328 g/mol. The van der Waals surface area contributed by atoms with Crippen molar-refractivity contribution in [3.63, 3.8) is 0 Å². The highest BCUT2D eigenvalue weighted by Crippen LogP contribution is 2.22. The number of nitrogens with one attached hydrogen (secondary N) is 1. The summed E-state index contributed by atoms with van der Waals surface area (Å²) >= 11 is 0. The van der Waals surface area contributed by atoms with Crippen LogP contribution in [-0.4, -0.2) is 17.4 Å². The van der Waals surface area contributed by atoms with Crippen molar-refractivity contribution in [1.29, 1.82) is 0 Å². The van der Waals surface area contributed by atoms with E-state index in [0.717, 1.165) is 0 Å². The van der Waals surface area contributed by atoms with Crippen molar-refractivity contribution >= 4 is 17.3 Å². The molecule has 0 bridgehead atoms. The number of benzene rings is 2. The minimum atomic E-state index is -0.464. The maximum Gasteiger partial charge on any atom is 0.269 e. The van der Waals surface area contributed by atoms with Crippen molar-refractivity contribution in [2.75, 3.05) is 11.9 Å². The molecule has 2 rings (SSSR count). The Morgan fingerprint density at radius 3 is 2.62 bits per heavy atom. The van der Waals surface area contributed by atoms with Crippen molar-refractivity contribution in [2.24, 2.45) is 5.92 Å². The number of non-ortho nitro benzene ring substituents is 1. The van der Waals surface area contributed by atoms with Crippen LogP contribution in [0.1, 0.15) is 29.8 Å². The number of carbonyl (C=O) groups is 1. The number of hydrogen-bond donors (Lipinski definition) is 1. The van der Waals surface area contributed by atoms with Crippen LogP contribution in [0.15, 0.2) is 42.5 Å². The average Bonchev–Trinajstić information content (AvgIpc) is 2.54. The van der Waals surface area contributed by atoms with Gasteiger partial charge in [0.05, 0.1) is 11.5 Å². The molecule has 0 heterocycles. The van der Waals surface area contributed by atoms with Crippen LogP contribution >= 0.6 is 0 Å². The topological polar surface area (TPSA) is 81.5 Å². The molecule has 0 saturated carbocycles. The second kappa shape index (κ2) is 7.59. The molecule has 0 aliphatic rings. The SMILES string of the molecule is Cc1cc([N+](=O)[O-])ccc1NC(=O)c1cccc(OCC(C)C)c1. The lowest BCUT2D eigenvalue weighted by atomic mass is 10.1. The quantitative estimate of drug-likeness (QED) is 0.637. The van der Waals surface area contributed by atoms with Gasteiger partial charge in [0.15, 0.2) is 0 Å². The van der Waals surface area contributed by atoms with E-state index in [4.69, 9.17) is 4.74 Å². The van der Waals surface area contributed by atoms with E-state index < -0.39 is 4.92 Å². The van der Waals surface area contributed by atoms with E-state index in [2.05, 4.69) is 5.32 Å². The van der Waals surface area contributed by atoms with Gasteiger partial charge in [-0.25, -0.2) is 0 Å². The minimum Gasteiger partial charge on any atom is -0.493 e. The Hall–Kier alpha value is -2.89. The maximum atomic E-state index is 12.4. The molecule has 0 radical (unpaired) electrons. The van der Waals surface area contributed by atoms with Crippen molar-refractivity contribution in [3.05, 3.63) is 63.7 Å². The number of hydrogen-bond acceptors (Lipinski definition) is 4. The highest BCUT2D eigenvalue weighted by molar-refractivity contribution is 6.04. The number of rotatable bonds is 6. The van der Waals surface area contributed by atoms with Gasteiger partial charge in [-0.05, 0) is 42.7 Å². The lowest BCUT2D eigenvalue weighted by Gasteiger charge is -2.11. The molecule has 24 heavy (non-hydrogen) atoms. The lowest BCUT2D eigenvalue weighted by Crippen LogP contribution is -2.13. The van der Waals surface area contributed by atoms with Crippen LogP contribution in [-0.2, 0) is 0 Å². The monoisotopic (exact) mass is 328 g/mol. The summed E-state index contributed by atoms with van der Waals surface area (Å²) in [5, 5.41) is 13.5. The molecule has 0 aliphatic heterocycles. The Morgan fingerprint density at radius 2 is 2.00 bits per heavy atom. The first-order chi connectivity index (χ1) is 11.4. The van der Waals surface area contributed by atoms with Crippen LogP contribution in [0.3, 0.4) is 0 Å². The summed E-state index contributed by atoms with van der Waals surface area (Å²) in [6.07, 6.45) is 0. The summed E-state index contributed by atoms with van der Waals surface area (Å²) in [5.74, 6) is 0.740. The van der Waals surface area contributed by atoms with Crippen LogP contribution < -0.4 is 10.1 Å². The van der Waals surface area contributed by atoms with Gasteiger partial charge in [0.1, 0.15) is 5.75 Å². The van der Waals surface area contributed by atoms with Crippen LogP contribution in [0, 0.1) is 23.0 Å². The van der Waals surface area contributed by atoms with Gasteiger partial charge in [0.2, 0.25) is 0 Å². The van der Waals surface area contributed by atoms with Crippen molar-refractivity contribution in [1.82, 2.24) is 0 Å². The summed E-state index contributed by atoms with van der Waals surface area (Å²) in [6.45, 7) is 6.39. The Kier molecular flexibility index (Phi) is 5.52. The Balaban J connectivity index is 2.12. The number of carbonyl (C=O) groups excluding carboxylic acids is 1. The van der Waals surface area contributed by atoms with Crippen molar-refractivity contribution in [3.8, 4) is 5.75 Å². The minimum absolute atomic E-state index is 0.00502. The van der Waals surface area contributed by atoms with Gasteiger partial charge in [-0.3, -0.25) is 14.9 Å². The Labute approximate surface area is 140 Å². The smallest absolute Gasteiger partial charge is 0.269 e. The molecule has 6 heteroatoms. The number of nitro groups is 1. The molecule has 1 amide bonds. The highest BCUT2D eigenvalue weighted by atomic mass is 16.6. The van der Waals surface area contributed by atoms with Gasteiger partial charge in [0, 0.05) is 23.4 Å². The van der Waals surface area contributed by atoms with Crippen LogP contribution in [0.4, 0.5) is 11.4 Å². The number of amides is 1. The largest absolute Gasteiger partial charge is 0.493 e. The predicted molar refractivity (Wildman–Crippen MR) is 92.6 cm³/mol. The first-order valence-corrected chi connectivity index (χ1v) is 7.66. The van der Waals surface area contributed by atoms with E-state index in [0.29, 0.717) is 35.1 Å². The first kappa shape index (κ1) is 17.5. The van der Waals surface area contributed by atoms with E-state index in [9.17, 15) is 14.9 Å². The number of nitrogens with zero attached hydrogens (tertiary/aromatic N) is 1. The van der Waals surface area contributed by atoms with Crippen molar-refractivity contribution < 1.29 is 14.5 Å². The van der Waals surface area contributed by atoms with Gasteiger partial charge in [-0.15, -0.1) is 0 Å². The predicted octanol–water partition coefficient (Wildman–Crippen LogP) is 4.19. The molecule has 0 fully saturated rings. The Bertz CT molecular complexity index is 756. The zero-order valence-electron chi connectivity index (χ0n) is 13.9. The second-order valence-electron chi connectivity index (χ2n) is 5.94. The number of ether oxygens (including phenoxy) is 1. The van der Waals surface area contributed by atoms with Crippen LogP contribution in [0.5, 0.6) is 5.75 Å². The third-order valence-corrected chi connectivity index (χ3v) is 3.35. The summed E-state index contributed by atoms with van der Waals surface area (Å²) in [6, 6.07) is 11.3. The third-order valence-electron chi connectivity index (χ3n) is 3.35. The van der Waals surface area contributed by atoms with Crippen LogP contribution in [0.2, 0.25) is 0 Å². The fourth-order valence-corrected chi connectivity index (χ4v) is 2.09. The molecule has 2 aromatic rings. The fourth-order valence-electron chi connectivity index (χ4n) is 2.09. The van der Waals surface area contributed by atoms with E-state index in [1.807, 2.05) is 13.8 Å². The van der Waals surface area contributed by atoms with Gasteiger partial charge in [-0.1, -0.05) is 19.9 Å². The number of nitro benzene ring substituents is 1. The summed E-state index contributed by atoms with van der Waals surface area (Å²) in [5.41, 5.74) is 1.63. The van der Waals surface area contributed by atoms with Crippen LogP contribution in [0.25, 0.3) is 0 Å². The molecule has 0 atom stereocenters. The second-order valence-corrected chi connectivity index (χ2v) is 5.94. The van der Waals surface area contributed by atoms with E-state index in [1.54, 1.807) is 31.2 Å². The Morgan fingerprint density at radius 1 is 1.25 bits per heavy atom. The molecule has 0 aliphatic carbocycles. The normalized spacial score (nSPS) is 10.5. The van der Waals surface area contributed by atoms with Crippen molar-refractivity contribution in [2.45, 2.75) is 20.8 Å². The van der Waals surface area contributed by atoms with E-state index in [1.165, 1.54) is 18.2 Å². The molecule has 6 nitrogen and oxygen atoms in total. The molecule has 126 valence electrons. The molecule has 2 aromatic carbocycles. The molecule has 0 aromatic heterocycles. The van der Waals surface area contributed by atoms with Gasteiger partial charge in [0.25, 0.3) is 11.6 Å². The van der Waals surface area contributed by atoms with Gasteiger partial charge in [-0.2, -0.15) is 0 Å². The van der Waals surface area contributed by atoms with E-state index in [-0.39, 0.29) is 11.6 Å². The summed E-state index contributed by atoms with van der Waals surface area (Å²) < 4.78 is 5.62. The standard InChI is InChI=1S/C18H20N2O4/c1-12(2)11-24-16-6-4-5-14(10-16)18(21)19-17-8-7-15(20(22)23)9-13(17)3/h4-10,12H,11H2,1-3H3,(H,19,21). The molecule has 1 N–H and O–H groups in total. The maximum absolute atomic E-state index is 12.4. The first-order valence-electron chi connectivity index (χ1n) is 7.66. The van der Waals surface area contributed by atoms with E-state index >= 15 is 0 Å². The summed E-state index contributed by atoms with van der Waals surface area (Å²) in [4.78, 5) is 22.7. The molecule has 0 spiro atoms. The third kappa shape index (κ3) is 4.55. The lowest BCUT2D eigenvalue weighted by molar-refractivity contribution is -0.384. The zero-order chi connectivity index (χ0) is 17.7.